The summed E-state index contributed by atoms with van der Waals surface area (Å²) in [5, 5.41) is 8.47. The van der Waals surface area contributed by atoms with E-state index in [4.69, 9.17) is 5.73 Å². The lowest BCUT2D eigenvalue weighted by molar-refractivity contribution is -0.134. The molecule has 7 nitrogen and oxygen atoms in total. The van der Waals surface area contributed by atoms with E-state index in [0.29, 0.717) is 24.3 Å². The number of nitrogens with two attached hydrogens (primary N) is 1. The van der Waals surface area contributed by atoms with E-state index in [1.807, 2.05) is 12.1 Å². The number of imide groups is 1. The Morgan fingerprint density at radius 2 is 1.78 bits per heavy atom. The van der Waals surface area contributed by atoms with E-state index in [-0.39, 0.29) is 23.9 Å². The summed E-state index contributed by atoms with van der Waals surface area (Å²) in [4.78, 5) is 33.1. The largest absolute Gasteiger partial charge is 0.383 e. The first-order valence-electron chi connectivity index (χ1n) is 14.0. The molecule has 0 spiro atoms. The SMILES string of the molecule is Nc1nccc2cc(CN3CCC[C@H]3C(=O)NC(=O)[C@@H](CC3CCCCC3)NC3CCCC3)ccc12. The molecule has 1 aromatic heterocycles. The van der Waals surface area contributed by atoms with E-state index in [2.05, 4.69) is 32.7 Å². The van der Waals surface area contributed by atoms with E-state index >= 15 is 0 Å². The molecule has 4 N–H and O–H groups in total. The Morgan fingerprint density at radius 1 is 1.00 bits per heavy atom. The number of fused-ring (bicyclic) bond motifs is 1. The lowest BCUT2D eigenvalue weighted by atomic mass is 9.84. The zero-order chi connectivity index (χ0) is 24.9. The number of amides is 2. The molecule has 3 fully saturated rings. The van der Waals surface area contributed by atoms with Crippen molar-refractivity contribution in [1.29, 1.82) is 0 Å². The maximum absolute atomic E-state index is 13.4. The Bertz CT molecular complexity index is 1060. The number of nitrogens with zero attached hydrogens (tertiary/aromatic N) is 2. The minimum atomic E-state index is -0.269. The fourth-order valence-corrected chi connectivity index (χ4v) is 6.57. The first-order valence-corrected chi connectivity index (χ1v) is 14.0. The minimum absolute atomic E-state index is 0.127. The Labute approximate surface area is 214 Å². The molecule has 5 rings (SSSR count). The number of likely N-dealkylation sites (tertiary alicyclic amines) is 1. The van der Waals surface area contributed by atoms with Crippen molar-refractivity contribution in [3.63, 3.8) is 0 Å². The van der Waals surface area contributed by atoms with Crippen molar-refractivity contribution >= 4 is 28.4 Å². The number of nitrogens with one attached hydrogen (secondary N) is 2. The molecule has 2 heterocycles. The van der Waals surface area contributed by atoms with Crippen molar-refractivity contribution in [3.8, 4) is 0 Å². The van der Waals surface area contributed by atoms with Gasteiger partial charge in [0.15, 0.2) is 0 Å². The molecule has 36 heavy (non-hydrogen) atoms. The van der Waals surface area contributed by atoms with Crippen LogP contribution >= 0.6 is 0 Å². The van der Waals surface area contributed by atoms with Crippen molar-refractivity contribution in [2.45, 2.75) is 102 Å². The van der Waals surface area contributed by atoms with Gasteiger partial charge in [0.2, 0.25) is 11.8 Å². The van der Waals surface area contributed by atoms with Gasteiger partial charge in [-0.05, 0) is 67.6 Å². The molecule has 2 saturated carbocycles. The first kappa shape index (κ1) is 25.2. The molecule has 3 aliphatic rings. The fraction of sp³-hybridized carbons (Fsp3) is 0.621. The maximum atomic E-state index is 13.4. The number of hydrogen-bond donors (Lipinski definition) is 3. The molecule has 0 unspecified atom stereocenters. The van der Waals surface area contributed by atoms with Crippen molar-refractivity contribution < 1.29 is 9.59 Å². The highest BCUT2D eigenvalue weighted by Crippen LogP contribution is 2.29. The molecule has 7 heteroatoms. The predicted molar refractivity (Wildman–Crippen MR) is 143 cm³/mol. The smallest absolute Gasteiger partial charge is 0.243 e. The molecule has 2 aromatic rings. The summed E-state index contributed by atoms with van der Waals surface area (Å²) >= 11 is 0. The molecule has 0 radical (unpaired) electrons. The topological polar surface area (TPSA) is 100 Å². The number of carbonyl (C=O) groups excluding carboxylic acids is 2. The Kier molecular flexibility index (Phi) is 8.17. The number of benzene rings is 1. The third-order valence-corrected chi connectivity index (χ3v) is 8.56. The maximum Gasteiger partial charge on any atom is 0.243 e. The van der Waals surface area contributed by atoms with Crippen LogP contribution in [0.3, 0.4) is 0 Å². The third kappa shape index (κ3) is 6.06. The average molecular weight is 492 g/mol. The van der Waals surface area contributed by atoms with Crippen LogP contribution in [0.1, 0.15) is 82.6 Å². The highest BCUT2D eigenvalue weighted by molar-refractivity contribution is 6.00. The van der Waals surface area contributed by atoms with Crippen LogP contribution in [0, 0.1) is 5.92 Å². The zero-order valence-corrected chi connectivity index (χ0v) is 21.4. The van der Waals surface area contributed by atoms with E-state index in [1.54, 1.807) is 6.20 Å². The van der Waals surface area contributed by atoms with Crippen LogP contribution in [0.15, 0.2) is 30.5 Å². The van der Waals surface area contributed by atoms with Crippen molar-refractivity contribution in [1.82, 2.24) is 20.5 Å². The second kappa shape index (κ2) is 11.7. The standard InChI is InChI=1S/C29H41N5O2/c30-27-24-13-12-21(17-22(24)14-15-31-27)19-34-16-6-11-26(34)29(36)33-28(35)25(32-23-9-4-5-10-23)18-20-7-2-1-3-8-20/h12-15,17,20,23,25-26,32H,1-11,16,18-19H2,(H2,30,31)(H,33,35,36)/t25-,26+/m1/s1. The molecule has 1 saturated heterocycles. The van der Waals surface area contributed by atoms with E-state index in [9.17, 15) is 9.59 Å². The van der Waals surface area contributed by atoms with Gasteiger partial charge in [0.1, 0.15) is 5.82 Å². The quantitative estimate of drug-likeness (QED) is 0.509. The molecular weight excluding hydrogens is 450 g/mol. The summed E-state index contributed by atoms with van der Waals surface area (Å²) in [7, 11) is 0. The summed E-state index contributed by atoms with van der Waals surface area (Å²) in [6.07, 6.45) is 15.3. The van der Waals surface area contributed by atoms with Gasteiger partial charge in [-0.25, -0.2) is 4.98 Å². The lowest BCUT2D eigenvalue weighted by Crippen LogP contribution is -2.53. The fourth-order valence-electron chi connectivity index (χ4n) is 6.57. The summed E-state index contributed by atoms with van der Waals surface area (Å²) in [6.45, 7) is 1.53. The summed E-state index contributed by atoms with van der Waals surface area (Å²) in [6, 6.07) is 8.02. The van der Waals surface area contributed by atoms with E-state index in [1.165, 1.54) is 44.9 Å². The second-order valence-electron chi connectivity index (χ2n) is 11.2. The van der Waals surface area contributed by atoms with Gasteiger partial charge in [-0.2, -0.15) is 0 Å². The Balaban J connectivity index is 1.22. The minimum Gasteiger partial charge on any atom is -0.383 e. The van der Waals surface area contributed by atoms with Gasteiger partial charge in [-0.15, -0.1) is 0 Å². The normalized spacial score (nSPS) is 22.7. The van der Waals surface area contributed by atoms with Crippen LogP contribution in [0.5, 0.6) is 0 Å². The van der Waals surface area contributed by atoms with Crippen molar-refractivity contribution in [2.75, 3.05) is 12.3 Å². The summed E-state index contributed by atoms with van der Waals surface area (Å²) in [5.74, 6) is 0.843. The van der Waals surface area contributed by atoms with Crippen LogP contribution < -0.4 is 16.4 Å². The van der Waals surface area contributed by atoms with Gasteiger partial charge in [0.25, 0.3) is 0 Å². The van der Waals surface area contributed by atoms with Crippen molar-refractivity contribution in [2.24, 2.45) is 5.92 Å². The number of nitrogen functional groups attached to an aromatic ring is 1. The molecule has 2 amide bonds. The Hall–Kier alpha value is -2.51. The summed E-state index contributed by atoms with van der Waals surface area (Å²) in [5.41, 5.74) is 7.14. The Morgan fingerprint density at radius 3 is 2.58 bits per heavy atom. The van der Waals surface area contributed by atoms with Gasteiger partial charge < -0.3 is 11.1 Å². The average Bonchev–Trinajstić information content (AvgIpc) is 3.57. The third-order valence-electron chi connectivity index (χ3n) is 8.56. The van der Waals surface area contributed by atoms with Crippen molar-refractivity contribution in [3.05, 3.63) is 36.0 Å². The van der Waals surface area contributed by atoms with Crippen LogP contribution in [0.25, 0.3) is 10.8 Å². The number of rotatable bonds is 8. The van der Waals surface area contributed by atoms with Gasteiger partial charge in [-0.1, -0.05) is 57.1 Å². The lowest BCUT2D eigenvalue weighted by Gasteiger charge is -2.29. The molecule has 1 aliphatic heterocycles. The number of pyridine rings is 1. The van der Waals surface area contributed by atoms with Gasteiger partial charge in [0.05, 0.1) is 12.1 Å². The van der Waals surface area contributed by atoms with E-state index < -0.39 is 0 Å². The molecule has 2 aliphatic carbocycles. The van der Waals surface area contributed by atoms with Gasteiger partial charge in [0, 0.05) is 24.2 Å². The highest BCUT2D eigenvalue weighted by atomic mass is 16.2. The number of hydrogen-bond acceptors (Lipinski definition) is 6. The molecule has 2 atom stereocenters. The molecular formula is C29H41N5O2. The molecule has 1 aromatic carbocycles. The number of anilines is 1. The van der Waals surface area contributed by atoms with Crippen LogP contribution in [-0.2, 0) is 16.1 Å². The van der Waals surface area contributed by atoms with Gasteiger partial charge >= 0.3 is 0 Å². The van der Waals surface area contributed by atoms with Crippen LogP contribution in [0.4, 0.5) is 5.82 Å². The van der Waals surface area contributed by atoms with Crippen LogP contribution in [0.2, 0.25) is 0 Å². The molecule has 0 bridgehead atoms. The highest BCUT2D eigenvalue weighted by Gasteiger charge is 2.34. The van der Waals surface area contributed by atoms with Gasteiger partial charge in [-0.3, -0.25) is 19.8 Å². The number of aromatic nitrogens is 1. The second-order valence-corrected chi connectivity index (χ2v) is 11.2. The summed E-state index contributed by atoms with van der Waals surface area (Å²) < 4.78 is 0. The van der Waals surface area contributed by atoms with Crippen LogP contribution in [-0.4, -0.2) is 46.4 Å². The molecule has 194 valence electrons. The number of carbonyl (C=O) groups is 2. The zero-order valence-electron chi connectivity index (χ0n) is 21.4. The monoisotopic (exact) mass is 491 g/mol. The predicted octanol–water partition coefficient (Wildman–Crippen LogP) is 4.30. The first-order chi connectivity index (χ1) is 17.6. The van der Waals surface area contributed by atoms with E-state index in [0.717, 1.165) is 55.0 Å².